The van der Waals surface area contributed by atoms with Crippen LogP contribution in [0.5, 0.6) is 0 Å². The summed E-state index contributed by atoms with van der Waals surface area (Å²) < 4.78 is 4.83. The molecule has 2 aliphatic carbocycles. The van der Waals surface area contributed by atoms with Crippen LogP contribution in [-0.2, 0) is 6.42 Å². The molecular weight excluding hydrogens is 571 g/mol. The molecule has 2 aliphatic rings. The molecule has 3 nitrogen and oxygen atoms in total. The SMILES string of the molecule is c1ccc(-n2c3ccc(-n4c5ccccc5c5cc6c7c(c54)-c4ccccc4C(CC7)c4ccccc4-6)cc3c3cccnc32)cc1. The average molecular weight is 600 g/mol. The van der Waals surface area contributed by atoms with Crippen LogP contribution in [0.2, 0.25) is 0 Å². The number of benzene rings is 6. The zero-order chi connectivity index (χ0) is 30.6. The van der Waals surface area contributed by atoms with Crippen molar-refractivity contribution in [1.29, 1.82) is 0 Å². The number of hydrogen-bond donors (Lipinski definition) is 0. The Kier molecular flexibility index (Phi) is 5.01. The predicted molar refractivity (Wildman–Crippen MR) is 194 cm³/mol. The third-order valence-electron chi connectivity index (χ3n) is 10.8. The van der Waals surface area contributed by atoms with Gasteiger partial charge >= 0.3 is 0 Å². The molecule has 0 N–H and O–H groups in total. The molecule has 6 aromatic carbocycles. The Morgan fingerprint density at radius 1 is 0.511 bits per heavy atom. The van der Waals surface area contributed by atoms with E-state index in [1.54, 1.807) is 0 Å². The van der Waals surface area contributed by atoms with Gasteiger partial charge < -0.3 is 4.57 Å². The van der Waals surface area contributed by atoms with Crippen molar-refractivity contribution < 1.29 is 0 Å². The Hall–Kier alpha value is -5.93. The summed E-state index contributed by atoms with van der Waals surface area (Å²) in [6.07, 6.45) is 4.08. The first-order valence-corrected chi connectivity index (χ1v) is 16.6. The van der Waals surface area contributed by atoms with Gasteiger partial charge in [-0.25, -0.2) is 4.98 Å². The fourth-order valence-corrected chi connectivity index (χ4v) is 8.88. The zero-order valence-electron chi connectivity index (χ0n) is 25.7. The van der Waals surface area contributed by atoms with Gasteiger partial charge in [-0.15, -0.1) is 0 Å². The van der Waals surface area contributed by atoms with Crippen LogP contribution in [0.4, 0.5) is 0 Å². The largest absolute Gasteiger partial charge is 0.309 e. The fourth-order valence-electron chi connectivity index (χ4n) is 8.88. The summed E-state index contributed by atoms with van der Waals surface area (Å²) in [6, 6.07) is 51.6. The van der Waals surface area contributed by atoms with Crippen molar-refractivity contribution in [2.75, 3.05) is 0 Å². The molecular formula is C44H29N3. The van der Waals surface area contributed by atoms with Gasteiger partial charge in [-0.3, -0.25) is 4.57 Å². The van der Waals surface area contributed by atoms with Crippen LogP contribution in [-0.4, -0.2) is 14.1 Å². The third-order valence-corrected chi connectivity index (χ3v) is 10.8. The van der Waals surface area contributed by atoms with Crippen molar-refractivity contribution in [2.24, 2.45) is 0 Å². The molecule has 0 saturated carbocycles. The summed E-state index contributed by atoms with van der Waals surface area (Å²) in [5, 5.41) is 4.97. The highest BCUT2D eigenvalue weighted by atomic mass is 15.0. The molecule has 47 heavy (non-hydrogen) atoms. The zero-order valence-corrected chi connectivity index (χ0v) is 25.7. The summed E-state index contributed by atoms with van der Waals surface area (Å²) in [5.74, 6) is 0.383. The number of hydrogen-bond acceptors (Lipinski definition) is 1. The molecule has 3 heterocycles. The molecule has 2 bridgehead atoms. The van der Waals surface area contributed by atoms with Crippen LogP contribution in [0, 0.1) is 0 Å². The summed E-state index contributed by atoms with van der Waals surface area (Å²) >= 11 is 0. The lowest BCUT2D eigenvalue weighted by atomic mass is 9.80. The van der Waals surface area contributed by atoms with Crippen LogP contribution in [0.1, 0.15) is 29.0 Å². The van der Waals surface area contributed by atoms with E-state index in [2.05, 4.69) is 149 Å². The Morgan fingerprint density at radius 3 is 2.13 bits per heavy atom. The van der Waals surface area contributed by atoms with E-state index in [1.807, 2.05) is 6.20 Å². The molecule has 0 amide bonds. The van der Waals surface area contributed by atoms with Crippen LogP contribution < -0.4 is 0 Å². The Morgan fingerprint density at radius 2 is 1.23 bits per heavy atom. The van der Waals surface area contributed by atoms with Crippen LogP contribution in [0.25, 0.3) is 77.4 Å². The lowest BCUT2D eigenvalue weighted by Crippen LogP contribution is -2.05. The number of para-hydroxylation sites is 2. The van der Waals surface area contributed by atoms with E-state index in [0.29, 0.717) is 5.92 Å². The number of rotatable bonds is 2. The van der Waals surface area contributed by atoms with E-state index in [0.717, 1.165) is 35.1 Å². The summed E-state index contributed by atoms with van der Waals surface area (Å²) in [7, 11) is 0. The molecule has 0 spiro atoms. The molecule has 3 heteroatoms. The summed E-state index contributed by atoms with van der Waals surface area (Å²) in [5.41, 5.74) is 16.9. The van der Waals surface area contributed by atoms with Gasteiger partial charge in [0.2, 0.25) is 0 Å². The maximum atomic E-state index is 4.88. The summed E-state index contributed by atoms with van der Waals surface area (Å²) in [6.45, 7) is 0. The highest BCUT2D eigenvalue weighted by Gasteiger charge is 2.33. The molecule has 0 fully saturated rings. The van der Waals surface area contributed by atoms with Gasteiger partial charge in [0, 0.05) is 50.6 Å². The van der Waals surface area contributed by atoms with E-state index < -0.39 is 0 Å². The van der Waals surface area contributed by atoms with Crippen molar-refractivity contribution in [2.45, 2.75) is 18.8 Å². The average Bonchev–Trinajstić information content (AvgIpc) is 3.50. The van der Waals surface area contributed by atoms with Crippen LogP contribution in [0.3, 0.4) is 0 Å². The minimum absolute atomic E-state index is 0.383. The number of pyridine rings is 1. The van der Waals surface area contributed by atoms with Gasteiger partial charge in [0.1, 0.15) is 5.65 Å². The van der Waals surface area contributed by atoms with Gasteiger partial charge in [0.15, 0.2) is 0 Å². The maximum Gasteiger partial charge on any atom is 0.145 e. The first-order chi connectivity index (χ1) is 23.3. The minimum atomic E-state index is 0.383. The first-order valence-electron chi connectivity index (χ1n) is 16.6. The molecule has 220 valence electrons. The second-order valence-electron chi connectivity index (χ2n) is 13.0. The molecule has 0 saturated heterocycles. The lowest BCUT2D eigenvalue weighted by Gasteiger charge is -2.25. The van der Waals surface area contributed by atoms with E-state index in [4.69, 9.17) is 4.98 Å². The highest BCUT2D eigenvalue weighted by Crippen LogP contribution is 2.53. The predicted octanol–water partition coefficient (Wildman–Crippen LogP) is 11.0. The normalized spacial score (nSPS) is 14.9. The fraction of sp³-hybridized carbons (Fsp3) is 0.0682. The lowest BCUT2D eigenvalue weighted by molar-refractivity contribution is 0.736. The van der Waals surface area contributed by atoms with Gasteiger partial charge in [0.05, 0.1) is 16.6 Å². The van der Waals surface area contributed by atoms with Crippen LogP contribution >= 0.6 is 0 Å². The van der Waals surface area contributed by atoms with Crippen molar-refractivity contribution in [1.82, 2.24) is 14.1 Å². The Balaban J connectivity index is 1.30. The molecule has 1 unspecified atom stereocenters. The highest BCUT2D eigenvalue weighted by molar-refractivity contribution is 6.17. The van der Waals surface area contributed by atoms with Crippen LogP contribution in [0.15, 0.2) is 146 Å². The monoisotopic (exact) mass is 599 g/mol. The van der Waals surface area contributed by atoms with Gasteiger partial charge in [-0.1, -0.05) is 84.9 Å². The molecule has 0 radical (unpaired) electrons. The van der Waals surface area contributed by atoms with E-state index in [-0.39, 0.29) is 0 Å². The minimum Gasteiger partial charge on any atom is -0.309 e. The molecule has 3 aromatic heterocycles. The molecule has 0 aliphatic heterocycles. The van der Waals surface area contributed by atoms with E-state index >= 15 is 0 Å². The molecule has 1 atom stereocenters. The van der Waals surface area contributed by atoms with Gasteiger partial charge in [-0.2, -0.15) is 0 Å². The second kappa shape index (κ2) is 9.31. The maximum absolute atomic E-state index is 4.88. The Labute approximate surface area is 272 Å². The van der Waals surface area contributed by atoms with Gasteiger partial charge in [0.25, 0.3) is 0 Å². The smallest absolute Gasteiger partial charge is 0.145 e. The summed E-state index contributed by atoms with van der Waals surface area (Å²) in [4.78, 5) is 4.88. The van der Waals surface area contributed by atoms with Crippen molar-refractivity contribution >= 4 is 43.7 Å². The van der Waals surface area contributed by atoms with E-state index in [9.17, 15) is 0 Å². The van der Waals surface area contributed by atoms with Crippen molar-refractivity contribution in [3.05, 3.63) is 162 Å². The van der Waals surface area contributed by atoms with Crippen molar-refractivity contribution in [3.63, 3.8) is 0 Å². The van der Waals surface area contributed by atoms with Crippen molar-refractivity contribution in [3.8, 4) is 33.6 Å². The number of aromatic nitrogens is 3. The quantitative estimate of drug-likeness (QED) is 0.194. The number of nitrogens with zero attached hydrogens (tertiary/aromatic N) is 3. The standard InChI is InChI=1S/C44H29N3/c1-2-11-27(12-3-1)47-41-23-20-28(25-38(41)36-18-10-24-45-44(36)47)46-40-19-9-8-16-33(40)39-26-37-31-15-5-4-13-29(31)32-21-22-35(37)42(43(39)46)34-17-7-6-14-30(32)34/h1-20,23-26,32H,21-22H2. The Bertz CT molecular complexity index is 2740. The number of fused-ring (bicyclic) bond motifs is 15. The van der Waals surface area contributed by atoms with Gasteiger partial charge in [-0.05, 0) is 101 Å². The molecule has 11 rings (SSSR count). The first kappa shape index (κ1) is 25.3. The van der Waals surface area contributed by atoms with E-state index in [1.165, 1.54) is 71.8 Å². The third kappa shape index (κ3) is 3.33. The topological polar surface area (TPSA) is 22.8 Å². The molecule has 9 aromatic rings. The second-order valence-corrected chi connectivity index (χ2v) is 13.0.